The van der Waals surface area contributed by atoms with Crippen LogP contribution in [0.25, 0.3) is 33.8 Å². The van der Waals surface area contributed by atoms with E-state index in [1.54, 1.807) is 86.0 Å². The van der Waals surface area contributed by atoms with Gasteiger partial charge in [0.2, 0.25) is 0 Å². The number of aryl methyl sites for hydroxylation is 4. The second-order valence-corrected chi connectivity index (χ2v) is 33.4. The van der Waals surface area contributed by atoms with E-state index < -0.39 is 46.3 Å². The zero-order valence-electron chi connectivity index (χ0n) is 64.5. The van der Waals surface area contributed by atoms with Crippen LogP contribution in [-0.2, 0) is 36.6 Å². The molecule has 10 heterocycles. The van der Waals surface area contributed by atoms with E-state index in [2.05, 4.69) is 41.5 Å². The molecule has 0 bridgehead atoms. The minimum absolute atomic E-state index is 0.0318. The quantitative estimate of drug-likeness (QED) is 0.0327. The molecular formula is C87H74Cl6F2N10O15. The highest BCUT2D eigenvalue weighted by Crippen LogP contribution is 2.51. The summed E-state index contributed by atoms with van der Waals surface area (Å²) in [6.07, 6.45) is 13.1. The molecule has 3 aliphatic carbocycles. The Kier molecular flexibility index (Phi) is 22.9. The molecule has 0 atom stereocenters. The fourth-order valence-electron chi connectivity index (χ4n) is 15.3. The largest absolute Gasteiger partial charge is 0.489 e. The Hall–Kier alpha value is -11.0. The highest BCUT2D eigenvalue weighted by atomic mass is 35.5. The molecule has 618 valence electrons. The van der Waals surface area contributed by atoms with Gasteiger partial charge in [0.25, 0.3) is 0 Å². The summed E-state index contributed by atoms with van der Waals surface area (Å²) in [7, 11) is 0. The van der Waals surface area contributed by atoms with Gasteiger partial charge in [0, 0.05) is 82.1 Å². The third kappa shape index (κ3) is 17.0. The van der Waals surface area contributed by atoms with Crippen molar-refractivity contribution < 1.29 is 81.6 Å². The van der Waals surface area contributed by atoms with E-state index in [-0.39, 0.29) is 92.5 Å². The van der Waals surface area contributed by atoms with E-state index in [4.69, 9.17) is 113 Å². The minimum Gasteiger partial charge on any atom is -0.489 e. The molecule has 25 nitrogen and oxygen atoms in total. The maximum Gasteiger partial charge on any atom is 0.337 e. The monoisotopic (exact) mass is 1750 g/mol. The summed E-state index contributed by atoms with van der Waals surface area (Å²) in [5.74, 6) is 1.35. The summed E-state index contributed by atoms with van der Waals surface area (Å²) >= 11 is 39.3. The van der Waals surface area contributed by atoms with Gasteiger partial charge in [0.05, 0.1) is 103 Å². The highest BCUT2D eigenvalue weighted by molar-refractivity contribution is 6.35. The maximum absolute atomic E-state index is 14.4. The van der Waals surface area contributed by atoms with Crippen molar-refractivity contribution >= 4 is 105 Å². The number of aromatic carboxylic acids is 3. The summed E-state index contributed by atoms with van der Waals surface area (Å²) in [6, 6.07) is 29.1. The maximum atomic E-state index is 14.4. The Balaban J connectivity index is 0.000000134. The van der Waals surface area contributed by atoms with Crippen molar-refractivity contribution in [1.82, 2.24) is 35.4 Å². The minimum atomic E-state index is -1.34. The Bertz CT molecular complexity index is 5940. The fraction of sp³-hybridized carbons (Fsp3) is 0.287. The number of carbonyl (C=O) groups is 3. The topological polar surface area (TPSA) is 340 Å². The van der Waals surface area contributed by atoms with Gasteiger partial charge in [-0.2, -0.15) is 0 Å². The molecule has 0 unspecified atom stereocenters. The van der Waals surface area contributed by atoms with Crippen molar-refractivity contribution in [1.29, 1.82) is 0 Å². The first-order valence-electron chi connectivity index (χ1n) is 38.2. The number of carboxylic acids is 3. The van der Waals surface area contributed by atoms with Crippen LogP contribution in [0.4, 0.5) is 26.2 Å². The summed E-state index contributed by atoms with van der Waals surface area (Å²) in [6.45, 7) is 9.34. The van der Waals surface area contributed by atoms with E-state index in [0.29, 0.717) is 111 Å². The molecule has 120 heavy (non-hydrogen) atoms. The van der Waals surface area contributed by atoms with Crippen LogP contribution in [0.2, 0.25) is 30.1 Å². The molecular weight excluding hydrogens is 1680 g/mol. The molecule has 0 spiro atoms. The number of aromatic nitrogens is 7. The van der Waals surface area contributed by atoms with Crippen molar-refractivity contribution in [2.24, 2.45) is 0 Å². The second-order valence-electron chi connectivity index (χ2n) is 31.0. The molecule has 33 heteroatoms. The Morgan fingerprint density at radius 2 is 0.800 bits per heavy atom. The smallest absolute Gasteiger partial charge is 0.337 e. The van der Waals surface area contributed by atoms with Crippen LogP contribution < -0.4 is 28.9 Å². The molecule has 3 aliphatic heterocycles. The summed E-state index contributed by atoms with van der Waals surface area (Å²) < 4.78 is 63.9. The lowest BCUT2D eigenvalue weighted by atomic mass is 9.86. The van der Waals surface area contributed by atoms with Crippen LogP contribution in [0, 0.1) is 39.3 Å². The van der Waals surface area contributed by atoms with Crippen LogP contribution in [0.3, 0.4) is 0 Å². The Morgan fingerprint density at radius 3 is 1.14 bits per heavy atom. The van der Waals surface area contributed by atoms with Crippen molar-refractivity contribution in [3.63, 3.8) is 0 Å². The zero-order valence-corrected chi connectivity index (χ0v) is 69.0. The van der Waals surface area contributed by atoms with Crippen molar-refractivity contribution in [2.75, 3.05) is 54.0 Å². The average Bonchev–Trinajstić information content (AvgIpc) is 1.04. The summed E-state index contributed by atoms with van der Waals surface area (Å²) in [5.41, 5.74) is 7.95. The normalized spacial score (nSPS) is 16.1. The molecule has 6 aliphatic rings. The number of hydrogen-bond acceptors (Lipinski definition) is 22. The van der Waals surface area contributed by atoms with Crippen molar-refractivity contribution in [2.45, 2.75) is 121 Å². The number of β-amino-alcohol motifs (C(OH)–C–C–N with tert-alkyl or cyclic N) is 3. The number of ether oxygens (including phenoxy) is 3. The van der Waals surface area contributed by atoms with Gasteiger partial charge < -0.3 is 73.1 Å². The van der Waals surface area contributed by atoms with Gasteiger partial charge in [-0.15, -0.1) is 0 Å². The first-order chi connectivity index (χ1) is 57.4. The number of aliphatic hydroxyl groups is 3. The summed E-state index contributed by atoms with van der Waals surface area (Å²) in [4.78, 5) is 54.8. The lowest BCUT2D eigenvalue weighted by Crippen LogP contribution is -2.60. The molecule has 7 aromatic heterocycles. The van der Waals surface area contributed by atoms with Crippen LogP contribution in [0.5, 0.6) is 17.2 Å². The number of halogens is 8. The van der Waals surface area contributed by atoms with E-state index in [0.717, 1.165) is 113 Å². The van der Waals surface area contributed by atoms with E-state index in [9.17, 15) is 38.5 Å². The van der Waals surface area contributed by atoms with Crippen LogP contribution in [0.1, 0.15) is 160 Å². The molecule has 3 saturated heterocycles. The molecule has 0 amide bonds. The third-order valence-corrected chi connectivity index (χ3v) is 23.8. The van der Waals surface area contributed by atoms with Crippen LogP contribution in [0.15, 0.2) is 154 Å². The number of carboxylic acid groups (broad SMARTS) is 3. The van der Waals surface area contributed by atoms with Crippen LogP contribution in [-0.4, -0.2) is 123 Å². The van der Waals surface area contributed by atoms with Gasteiger partial charge in [-0.1, -0.05) is 109 Å². The van der Waals surface area contributed by atoms with Gasteiger partial charge in [-0.25, -0.2) is 38.1 Å². The Morgan fingerprint density at radius 1 is 0.425 bits per heavy atom. The molecule has 3 saturated carbocycles. The van der Waals surface area contributed by atoms with Gasteiger partial charge in [-0.05, 0) is 173 Å². The molecule has 18 rings (SSSR count). The predicted octanol–water partition coefficient (Wildman–Crippen LogP) is 18.6. The highest BCUT2D eigenvalue weighted by Gasteiger charge is 2.48. The van der Waals surface area contributed by atoms with Crippen LogP contribution >= 0.6 is 69.6 Å². The fourth-order valence-corrected chi connectivity index (χ4v) is 17.4. The average molecular weight is 1750 g/mol. The van der Waals surface area contributed by atoms with Gasteiger partial charge in [-0.3, -0.25) is 4.98 Å². The third-order valence-electron chi connectivity index (χ3n) is 22.0. The second kappa shape index (κ2) is 33.2. The number of pyridine rings is 4. The molecule has 0 radical (unpaired) electrons. The van der Waals surface area contributed by atoms with Gasteiger partial charge in [0.1, 0.15) is 106 Å². The SMILES string of the molecule is Cc1cc(C)c(-c2noc(C3CC3)c2COc2ccc(C3(O)CN(c4ncc(C(=O)O)cc4F)C3)c(Cl)c2)c(Cl)c1.Cc1cc(F)cc(Cl)c1-c1noc(C2CC2)c1COc1ccc(C2(O)CN(c3ccc(C(=O)O)cn3)C2)c(Cl)c1.Cc1cncc(Cl)c1-c1noc(C2CC2)c1COc1ccc(C2(O)CN(c3ccc(C(=O)O)cn3)C2)c(Cl)c1. The standard InChI is InChI=1S/C30H26Cl2FN3O5.C29H24Cl2FN3O5.C28H24Cl2N4O5/c1-15-7-16(2)25(23(32)8-15)26-20(27(41-35-26)17-3-4-17)12-40-19-5-6-21(22(31)10-19)30(39)13-36(14-30)28-24(33)9-18(11-34-28)29(37)38;1-15-8-18(32)9-23(31)25(15)26-20(27(40-34-26)16-2-3-16)12-39-19-5-6-21(22(30)10-19)29(38)13-35(14-29)24-7-4-17(11-33-24)28(36)37;1-15-9-31-11-22(30)24(15)25-19(26(39-33-25)16-2-3-16)12-38-18-5-6-20(21(29)8-18)28(37)13-34(14-28)23-7-4-17(10-32-23)27(35)36/h5-11,17,39H,3-4,12-14H2,1-2H3,(H,37,38);4-11,16,38H,2-3,12-14H2,1H3,(H,36,37);4-11,16,37H,2-3,12-14H2,1H3,(H,35,36). The number of nitrogens with zero attached hydrogens (tertiary/aromatic N) is 10. The molecule has 12 aromatic rings. The van der Waals surface area contributed by atoms with E-state index in [1.165, 1.54) is 41.6 Å². The number of rotatable bonds is 24. The predicted molar refractivity (Wildman–Crippen MR) is 443 cm³/mol. The Labute approximate surface area is 714 Å². The first kappa shape index (κ1) is 82.7. The van der Waals surface area contributed by atoms with Gasteiger partial charge >= 0.3 is 17.9 Å². The van der Waals surface area contributed by atoms with Crippen molar-refractivity contribution in [3.8, 4) is 51.0 Å². The van der Waals surface area contributed by atoms with Gasteiger partial charge in [0.15, 0.2) is 11.6 Å². The zero-order chi connectivity index (χ0) is 84.5. The molecule has 6 fully saturated rings. The van der Waals surface area contributed by atoms with Crippen molar-refractivity contribution in [3.05, 3.63) is 272 Å². The van der Waals surface area contributed by atoms with E-state index in [1.807, 2.05) is 36.6 Å². The van der Waals surface area contributed by atoms with E-state index >= 15 is 0 Å². The number of anilines is 3. The first-order valence-corrected chi connectivity index (χ1v) is 40.4. The lowest BCUT2D eigenvalue weighted by Gasteiger charge is -2.47. The molecule has 5 aromatic carbocycles. The lowest BCUT2D eigenvalue weighted by molar-refractivity contribution is 0.00644. The molecule has 6 N–H and O–H groups in total. The number of benzene rings is 5. The number of hydrogen-bond donors (Lipinski definition) is 6. The summed E-state index contributed by atoms with van der Waals surface area (Å²) in [5, 5.41) is 76.1.